The molecule has 0 radical (unpaired) electrons. The normalized spacial score (nSPS) is 13.5. The Morgan fingerprint density at radius 3 is 2.82 bits per heavy atom. The van der Waals surface area contributed by atoms with E-state index in [0.29, 0.717) is 5.56 Å². The molecule has 17 heavy (non-hydrogen) atoms. The number of carbonyl (C=O) groups excluding carboxylic acids is 1. The van der Waals surface area contributed by atoms with E-state index in [4.69, 9.17) is 5.73 Å². The van der Waals surface area contributed by atoms with Gasteiger partial charge in [-0.3, -0.25) is 14.9 Å². The molecular formula is C12H14N2O3. The molecule has 0 heterocycles. The van der Waals surface area contributed by atoms with E-state index in [1.54, 1.807) is 6.92 Å². The Morgan fingerprint density at radius 2 is 2.24 bits per heavy atom. The second-order valence-corrected chi connectivity index (χ2v) is 4.41. The van der Waals surface area contributed by atoms with Crippen LogP contribution in [0.25, 0.3) is 0 Å². The monoisotopic (exact) mass is 234 g/mol. The van der Waals surface area contributed by atoms with E-state index in [0.717, 1.165) is 36.0 Å². The quantitative estimate of drug-likeness (QED) is 0.633. The summed E-state index contributed by atoms with van der Waals surface area (Å²) >= 11 is 0. The van der Waals surface area contributed by atoms with E-state index in [-0.39, 0.29) is 17.0 Å². The number of benzene rings is 1. The summed E-state index contributed by atoms with van der Waals surface area (Å²) in [6, 6.07) is 1.95. The molecule has 5 nitrogen and oxygen atoms in total. The van der Waals surface area contributed by atoms with Gasteiger partial charge >= 0.3 is 0 Å². The first-order valence-corrected chi connectivity index (χ1v) is 5.57. The lowest BCUT2D eigenvalue weighted by Gasteiger charge is -2.09. The van der Waals surface area contributed by atoms with Crippen molar-refractivity contribution in [3.63, 3.8) is 0 Å². The zero-order valence-corrected chi connectivity index (χ0v) is 9.66. The van der Waals surface area contributed by atoms with Gasteiger partial charge in [0.2, 0.25) is 5.91 Å². The summed E-state index contributed by atoms with van der Waals surface area (Å²) < 4.78 is 0. The molecule has 1 aliphatic rings. The lowest BCUT2D eigenvalue weighted by Crippen LogP contribution is -2.16. The van der Waals surface area contributed by atoms with Crippen molar-refractivity contribution in [2.24, 2.45) is 5.73 Å². The zero-order valence-electron chi connectivity index (χ0n) is 9.66. The minimum Gasteiger partial charge on any atom is -0.369 e. The minimum absolute atomic E-state index is 0.0601. The van der Waals surface area contributed by atoms with E-state index in [1.165, 1.54) is 0 Å². The van der Waals surface area contributed by atoms with Crippen molar-refractivity contribution in [2.75, 3.05) is 0 Å². The summed E-state index contributed by atoms with van der Waals surface area (Å²) in [4.78, 5) is 21.8. The second kappa shape index (κ2) is 4.16. The predicted octanol–water partition coefficient (Wildman–Crippen LogP) is 1.42. The van der Waals surface area contributed by atoms with Gasteiger partial charge in [0.05, 0.1) is 11.3 Å². The molecule has 1 aromatic carbocycles. The third-order valence-electron chi connectivity index (χ3n) is 3.23. The Bertz CT molecular complexity index is 509. The van der Waals surface area contributed by atoms with Crippen LogP contribution in [0.4, 0.5) is 5.69 Å². The fraction of sp³-hybridized carbons (Fsp3) is 0.417. The number of rotatable bonds is 3. The molecule has 0 unspecified atom stereocenters. The first-order chi connectivity index (χ1) is 8.00. The number of hydrogen-bond acceptors (Lipinski definition) is 3. The topological polar surface area (TPSA) is 86.2 Å². The van der Waals surface area contributed by atoms with Crippen molar-refractivity contribution < 1.29 is 9.72 Å². The van der Waals surface area contributed by atoms with Crippen molar-refractivity contribution in [1.82, 2.24) is 0 Å². The van der Waals surface area contributed by atoms with Gasteiger partial charge in [-0.2, -0.15) is 0 Å². The Labute approximate surface area is 98.8 Å². The number of primary amides is 1. The maximum atomic E-state index is 11.2. The van der Waals surface area contributed by atoms with Gasteiger partial charge in [-0.15, -0.1) is 0 Å². The van der Waals surface area contributed by atoms with Crippen molar-refractivity contribution >= 4 is 11.6 Å². The summed E-state index contributed by atoms with van der Waals surface area (Å²) in [5.41, 5.74) is 8.35. The number of nitrogens with two attached hydrogens (primary N) is 1. The Hall–Kier alpha value is -1.91. The van der Waals surface area contributed by atoms with Crippen LogP contribution in [0, 0.1) is 17.0 Å². The third-order valence-corrected chi connectivity index (χ3v) is 3.23. The summed E-state index contributed by atoms with van der Waals surface area (Å²) in [6.07, 6.45) is 2.48. The van der Waals surface area contributed by atoms with E-state index in [2.05, 4.69) is 0 Å². The van der Waals surface area contributed by atoms with Crippen LogP contribution >= 0.6 is 0 Å². The molecule has 0 aromatic heterocycles. The number of fused-ring (bicyclic) bond motifs is 1. The molecule has 0 saturated carbocycles. The molecule has 0 bridgehead atoms. The lowest BCUT2D eigenvalue weighted by atomic mass is 9.96. The van der Waals surface area contributed by atoms with E-state index < -0.39 is 5.91 Å². The Kier molecular flexibility index (Phi) is 2.83. The lowest BCUT2D eigenvalue weighted by molar-refractivity contribution is -0.386. The van der Waals surface area contributed by atoms with E-state index in [9.17, 15) is 14.9 Å². The highest BCUT2D eigenvalue weighted by Gasteiger charge is 2.28. The van der Waals surface area contributed by atoms with Crippen LogP contribution in [-0.2, 0) is 24.1 Å². The highest BCUT2D eigenvalue weighted by atomic mass is 16.6. The summed E-state index contributed by atoms with van der Waals surface area (Å²) in [5.74, 6) is -0.533. The highest BCUT2D eigenvalue weighted by molar-refractivity contribution is 5.79. The van der Waals surface area contributed by atoms with Crippen LogP contribution in [-0.4, -0.2) is 10.8 Å². The number of hydrogen-bond donors (Lipinski definition) is 1. The number of amides is 1. The summed E-state index contributed by atoms with van der Waals surface area (Å²) in [5, 5.41) is 11.2. The molecule has 2 N–H and O–H groups in total. The maximum Gasteiger partial charge on any atom is 0.276 e. The highest BCUT2D eigenvalue weighted by Crippen LogP contribution is 2.35. The standard InChI is InChI=1S/C12H14N2O3/c1-7-5-8-3-2-4-9(8)12(14(16)17)10(7)6-11(13)15/h5H,2-4,6H2,1H3,(H2,13,15). The SMILES string of the molecule is Cc1cc2c(c([N+](=O)[O-])c1CC(N)=O)CCC2. The fourth-order valence-electron chi connectivity index (χ4n) is 2.53. The number of nitrogens with zero attached hydrogens (tertiary/aromatic N) is 1. The largest absolute Gasteiger partial charge is 0.369 e. The molecule has 2 rings (SSSR count). The molecule has 0 fully saturated rings. The summed E-state index contributed by atoms with van der Waals surface area (Å²) in [6.45, 7) is 1.80. The van der Waals surface area contributed by atoms with Crippen LogP contribution in [0.5, 0.6) is 0 Å². The van der Waals surface area contributed by atoms with Gasteiger partial charge in [0.25, 0.3) is 5.69 Å². The van der Waals surface area contributed by atoms with Gasteiger partial charge in [-0.25, -0.2) is 0 Å². The van der Waals surface area contributed by atoms with Crippen molar-refractivity contribution in [2.45, 2.75) is 32.6 Å². The molecular weight excluding hydrogens is 220 g/mol. The summed E-state index contributed by atoms with van der Waals surface area (Å²) in [7, 11) is 0. The second-order valence-electron chi connectivity index (χ2n) is 4.41. The number of carbonyl (C=O) groups is 1. The molecule has 1 amide bonds. The maximum absolute atomic E-state index is 11.2. The van der Waals surface area contributed by atoms with E-state index >= 15 is 0 Å². The van der Waals surface area contributed by atoms with Crippen LogP contribution in [0.15, 0.2) is 6.07 Å². The molecule has 0 aliphatic heterocycles. The van der Waals surface area contributed by atoms with Crippen molar-refractivity contribution in [3.8, 4) is 0 Å². The number of aryl methyl sites for hydroxylation is 2. The average molecular weight is 234 g/mol. The van der Waals surface area contributed by atoms with Crippen LogP contribution < -0.4 is 5.73 Å². The zero-order chi connectivity index (χ0) is 12.6. The first-order valence-electron chi connectivity index (χ1n) is 5.57. The predicted molar refractivity (Wildman–Crippen MR) is 62.8 cm³/mol. The molecule has 0 saturated heterocycles. The van der Waals surface area contributed by atoms with Crippen molar-refractivity contribution in [1.29, 1.82) is 0 Å². The van der Waals surface area contributed by atoms with Gasteiger partial charge in [0.15, 0.2) is 0 Å². The molecule has 0 spiro atoms. The minimum atomic E-state index is -0.533. The van der Waals surface area contributed by atoms with Gasteiger partial charge in [0.1, 0.15) is 0 Å². The van der Waals surface area contributed by atoms with Gasteiger partial charge in [0, 0.05) is 11.1 Å². The van der Waals surface area contributed by atoms with E-state index in [1.807, 2.05) is 6.07 Å². The number of nitro groups is 1. The van der Waals surface area contributed by atoms with Crippen LogP contribution in [0.1, 0.15) is 28.7 Å². The van der Waals surface area contributed by atoms with Gasteiger partial charge in [-0.1, -0.05) is 6.07 Å². The molecule has 1 aliphatic carbocycles. The average Bonchev–Trinajstić information content (AvgIpc) is 2.64. The van der Waals surface area contributed by atoms with Gasteiger partial charge in [-0.05, 0) is 37.3 Å². The smallest absolute Gasteiger partial charge is 0.276 e. The molecule has 90 valence electrons. The van der Waals surface area contributed by atoms with Crippen LogP contribution in [0.3, 0.4) is 0 Å². The van der Waals surface area contributed by atoms with Crippen molar-refractivity contribution in [3.05, 3.63) is 38.4 Å². The third kappa shape index (κ3) is 2.00. The Balaban J connectivity index is 2.64. The fourth-order valence-corrected chi connectivity index (χ4v) is 2.53. The van der Waals surface area contributed by atoms with Gasteiger partial charge < -0.3 is 5.73 Å². The van der Waals surface area contributed by atoms with Crippen LogP contribution in [0.2, 0.25) is 0 Å². The molecule has 1 aromatic rings. The number of nitro benzene ring substituents is 1. The molecule has 5 heteroatoms. The molecule has 0 atom stereocenters. The first kappa shape index (κ1) is 11.6. The Morgan fingerprint density at radius 1 is 1.53 bits per heavy atom.